The lowest BCUT2D eigenvalue weighted by molar-refractivity contribution is 0.577. The minimum Gasteiger partial charge on any atom is -0.346 e. The fourth-order valence-corrected chi connectivity index (χ4v) is 3.78. The van der Waals surface area contributed by atoms with Gasteiger partial charge in [-0.25, -0.2) is 4.98 Å². The van der Waals surface area contributed by atoms with Crippen molar-refractivity contribution in [2.45, 2.75) is 12.3 Å². The molecule has 1 unspecified atom stereocenters. The van der Waals surface area contributed by atoms with Crippen LogP contribution in [0.1, 0.15) is 17.9 Å². The van der Waals surface area contributed by atoms with E-state index >= 15 is 0 Å². The summed E-state index contributed by atoms with van der Waals surface area (Å²) in [5.41, 5.74) is 3.36. The maximum atomic E-state index is 4.49. The molecule has 4 rings (SSSR count). The van der Waals surface area contributed by atoms with Gasteiger partial charge in [-0.1, -0.05) is 11.9 Å². The lowest BCUT2D eigenvalue weighted by Crippen LogP contribution is -2.10. The van der Waals surface area contributed by atoms with E-state index in [1.54, 1.807) is 0 Å². The van der Waals surface area contributed by atoms with Crippen LogP contribution in [-0.2, 0) is 0 Å². The van der Waals surface area contributed by atoms with Gasteiger partial charge in [-0.15, -0.1) is 0 Å². The first-order chi connectivity index (χ1) is 9.86. The average Bonchev–Trinajstić information content (AvgIpc) is 3.15. The summed E-state index contributed by atoms with van der Waals surface area (Å²) in [6.45, 7) is 2.28. The second-order valence-corrected chi connectivity index (χ2v) is 6.10. The number of H-pyrrole nitrogens is 1. The Bertz CT molecular complexity index is 767. The van der Waals surface area contributed by atoms with E-state index in [1.807, 2.05) is 30.5 Å². The molecule has 1 aliphatic rings. The van der Waals surface area contributed by atoms with Gasteiger partial charge in [-0.2, -0.15) is 0 Å². The fourth-order valence-electron chi connectivity index (χ4n) is 3.17. The molecule has 1 N–H and O–H groups in total. The van der Waals surface area contributed by atoms with Crippen LogP contribution in [0.3, 0.4) is 0 Å². The number of hydrogen-bond acceptors (Lipinski definition) is 4. The first-order valence-corrected chi connectivity index (χ1v) is 8.05. The van der Waals surface area contributed by atoms with Gasteiger partial charge < -0.3 is 4.98 Å². The van der Waals surface area contributed by atoms with Crippen LogP contribution in [0.15, 0.2) is 30.7 Å². The van der Waals surface area contributed by atoms with E-state index in [0.717, 1.165) is 24.3 Å². The summed E-state index contributed by atoms with van der Waals surface area (Å²) in [5, 5.41) is 2.46. The monoisotopic (exact) mass is 284 g/mol. The number of pyridine rings is 2. The minimum atomic E-state index is 0.591. The van der Waals surface area contributed by atoms with Crippen molar-refractivity contribution in [3.05, 3.63) is 36.3 Å². The number of rotatable bonds is 2. The third-order valence-corrected chi connectivity index (χ3v) is 5.02. The highest BCUT2D eigenvalue weighted by Gasteiger charge is 2.25. The van der Waals surface area contributed by atoms with Crippen molar-refractivity contribution < 1.29 is 0 Å². The maximum Gasteiger partial charge on any atom is 0.137 e. The molecule has 0 spiro atoms. The Morgan fingerprint density at radius 3 is 3.15 bits per heavy atom. The summed E-state index contributed by atoms with van der Waals surface area (Å²) in [6.07, 6.45) is 9.12. The van der Waals surface area contributed by atoms with Crippen molar-refractivity contribution in [1.29, 1.82) is 0 Å². The Labute approximate surface area is 121 Å². The van der Waals surface area contributed by atoms with Crippen molar-refractivity contribution in [2.24, 2.45) is 0 Å². The first kappa shape index (κ1) is 12.2. The van der Waals surface area contributed by atoms with Gasteiger partial charge in [-0.3, -0.25) is 9.29 Å². The molecule has 3 aromatic heterocycles. The standard InChI is InChI=1S/C15H16N4S/c1-20-19-7-4-10(9-19)11-2-5-16-13-8-18-15-12(14(11)13)3-6-17-15/h2-3,5-6,8,10H,4,7,9H2,1H3,(H,17,18). The van der Waals surface area contributed by atoms with Gasteiger partial charge in [0.15, 0.2) is 0 Å². The minimum absolute atomic E-state index is 0.591. The molecule has 1 saturated heterocycles. The lowest BCUT2D eigenvalue weighted by atomic mass is 9.94. The van der Waals surface area contributed by atoms with E-state index in [-0.39, 0.29) is 0 Å². The highest BCUT2D eigenvalue weighted by atomic mass is 32.2. The molecule has 4 heterocycles. The maximum absolute atomic E-state index is 4.49. The molecule has 0 amide bonds. The molecule has 0 saturated carbocycles. The van der Waals surface area contributed by atoms with Crippen LogP contribution in [0, 0.1) is 0 Å². The molecular formula is C15H16N4S. The molecule has 0 bridgehead atoms. The highest BCUT2D eigenvalue weighted by Crippen LogP contribution is 2.35. The Morgan fingerprint density at radius 1 is 1.35 bits per heavy atom. The van der Waals surface area contributed by atoms with Gasteiger partial charge in [-0.05, 0) is 36.3 Å². The van der Waals surface area contributed by atoms with Crippen LogP contribution < -0.4 is 0 Å². The van der Waals surface area contributed by atoms with E-state index < -0.39 is 0 Å². The molecule has 5 heteroatoms. The Balaban J connectivity index is 1.92. The molecule has 0 radical (unpaired) electrons. The zero-order valence-electron chi connectivity index (χ0n) is 11.3. The van der Waals surface area contributed by atoms with E-state index in [4.69, 9.17) is 0 Å². The Morgan fingerprint density at radius 2 is 2.30 bits per heavy atom. The SMILES string of the molecule is CSN1CCC(c2ccnc3cnc4[nH]ccc4c23)C1. The average molecular weight is 284 g/mol. The third kappa shape index (κ3) is 1.81. The lowest BCUT2D eigenvalue weighted by Gasteiger charge is -2.14. The Hall–Kier alpha value is -1.59. The predicted molar refractivity (Wildman–Crippen MR) is 83.8 cm³/mol. The van der Waals surface area contributed by atoms with Gasteiger partial charge >= 0.3 is 0 Å². The second kappa shape index (κ2) is 4.75. The van der Waals surface area contributed by atoms with Gasteiger partial charge in [0.05, 0.1) is 11.7 Å². The number of hydrogen-bond donors (Lipinski definition) is 1. The number of aromatic amines is 1. The van der Waals surface area contributed by atoms with E-state index in [1.165, 1.54) is 22.8 Å². The van der Waals surface area contributed by atoms with Gasteiger partial charge in [0, 0.05) is 36.3 Å². The van der Waals surface area contributed by atoms with Crippen molar-refractivity contribution in [2.75, 3.05) is 19.3 Å². The van der Waals surface area contributed by atoms with Crippen molar-refractivity contribution >= 4 is 33.9 Å². The zero-order valence-corrected chi connectivity index (χ0v) is 12.2. The normalized spacial score (nSPS) is 20.1. The van der Waals surface area contributed by atoms with Crippen LogP contribution in [0.5, 0.6) is 0 Å². The third-order valence-electron chi connectivity index (χ3n) is 4.17. The van der Waals surface area contributed by atoms with Crippen LogP contribution in [0.4, 0.5) is 0 Å². The number of nitrogens with zero attached hydrogens (tertiary/aromatic N) is 3. The number of fused-ring (bicyclic) bond motifs is 3. The molecule has 1 fully saturated rings. The van der Waals surface area contributed by atoms with Crippen molar-refractivity contribution in [3.63, 3.8) is 0 Å². The fraction of sp³-hybridized carbons (Fsp3) is 0.333. The summed E-state index contributed by atoms with van der Waals surface area (Å²) in [6, 6.07) is 4.29. The molecule has 102 valence electrons. The zero-order chi connectivity index (χ0) is 13.5. The smallest absolute Gasteiger partial charge is 0.137 e. The molecule has 0 aromatic carbocycles. The molecular weight excluding hydrogens is 268 g/mol. The van der Waals surface area contributed by atoms with Crippen molar-refractivity contribution in [3.8, 4) is 0 Å². The predicted octanol–water partition coefficient (Wildman–Crippen LogP) is 3.18. The molecule has 4 nitrogen and oxygen atoms in total. The molecule has 1 atom stereocenters. The highest BCUT2D eigenvalue weighted by molar-refractivity contribution is 7.96. The Kier molecular flexibility index (Phi) is 2.89. The summed E-state index contributed by atoms with van der Waals surface area (Å²) in [7, 11) is 0. The van der Waals surface area contributed by atoms with E-state index in [0.29, 0.717) is 5.92 Å². The summed E-state index contributed by atoms with van der Waals surface area (Å²) in [4.78, 5) is 12.1. The molecule has 0 aliphatic carbocycles. The van der Waals surface area contributed by atoms with Crippen LogP contribution >= 0.6 is 11.9 Å². The molecule has 3 aromatic rings. The first-order valence-electron chi connectivity index (χ1n) is 6.86. The largest absolute Gasteiger partial charge is 0.346 e. The van der Waals surface area contributed by atoms with Gasteiger partial charge in [0.25, 0.3) is 0 Å². The second-order valence-electron chi connectivity index (χ2n) is 5.21. The molecule has 1 aliphatic heterocycles. The van der Waals surface area contributed by atoms with E-state index in [9.17, 15) is 0 Å². The molecule has 20 heavy (non-hydrogen) atoms. The quantitative estimate of drug-likeness (QED) is 0.734. The number of aromatic nitrogens is 3. The summed E-state index contributed by atoms with van der Waals surface area (Å²) in [5.74, 6) is 0.591. The van der Waals surface area contributed by atoms with Crippen LogP contribution in [-0.4, -0.2) is 38.6 Å². The van der Waals surface area contributed by atoms with E-state index in [2.05, 4.69) is 37.6 Å². The van der Waals surface area contributed by atoms with Gasteiger partial charge in [0.1, 0.15) is 5.65 Å². The van der Waals surface area contributed by atoms with Crippen LogP contribution in [0.25, 0.3) is 21.9 Å². The van der Waals surface area contributed by atoms with Gasteiger partial charge in [0.2, 0.25) is 0 Å². The topological polar surface area (TPSA) is 44.8 Å². The van der Waals surface area contributed by atoms with Crippen molar-refractivity contribution in [1.82, 2.24) is 19.3 Å². The summed E-state index contributed by atoms with van der Waals surface area (Å²) < 4.78 is 2.44. The van der Waals surface area contributed by atoms with Crippen LogP contribution in [0.2, 0.25) is 0 Å². The summed E-state index contributed by atoms with van der Waals surface area (Å²) >= 11 is 1.84. The number of nitrogens with one attached hydrogen (secondary N) is 1.